The van der Waals surface area contributed by atoms with Gasteiger partial charge in [-0.1, -0.05) is 12.2 Å². The Balaban J connectivity index is 2.05. The second-order valence-electron chi connectivity index (χ2n) is 7.61. The molecular formula is C26H28O9S. The SMILES string of the molecule is COc1ccc(S(=O)(=O)Cc2cc(OC)c(O)cc2/C=C\c2cc(OC)c(OC)c(OC)c2)cc1O. The van der Waals surface area contributed by atoms with Crippen LogP contribution in [0.5, 0.6) is 40.2 Å². The summed E-state index contributed by atoms with van der Waals surface area (Å²) in [7, 11) is 3.39. The Hall–Kier alpha value is -4.05. The summed E-state index contributed by atoms with van der Waals surface area (Å²) >= 11 is 0. The number of benzene rings is 3. The van der Waals surface area contributed by atoms with Crippen LogP contribution in [0.25, 0.3) is 12.2 Å². The average molecular weight is 517 g/mol. The highest BCUT2D eigenvalue weighted by molar-refractivity contribution is 7.90. The van der Waals surface area contributed by atoms with Gasteiger partial charge in [0.15, 0.2) is 44.3 Å². The van der Waals surface area contributed by atoms with Crippen LogP contribution in [-0.2, 0) is 15.6 Å². The molecule has 3 aromatic carbocycles. The fourth-order valence-corrected chi connectivity index (χ4v) is 5.00. The van der Waals surface area contributed by atoms with Crippen LogP contribution in [-0.4, -0.2) is 54.2 Å². The summed E-state index contributed by atoms with van der Waals surface area (Å²) in [6, 6.07) is 10.2. The second-order valence-corrected chi connectivity index (χ2v) is 9.60. The molecule has 10 heteroatoms. The van der Waals surface area contributed by atoms with E-state index in [1.165, 1.54) is 59.8 Å². The summed E-state index contributed by atoms with van der Waals surface area (Å²) in [6.45, 7) is 0. The Morgan fingerprint density at radius 3 is 1.81 bits per heavy atom. The smallest absolute Gasteiger partial charge is 0.203 e. The van der Waals surface area contributed by atoms with Crippen molar-refractivity contribution >= 4 is 22.0 Å². The molecule has 0 aliphatic carbocycles. The van der Waals surface area contributed by atoms with E-state index in [0.717, 1.165) is 6.07 Å². The van der Waals surface area contributed by atoms with Crippen LogP contribution in [0.4, 0.5) is 0 Å². The Bertz CT molecular complexity index is 1350. The minimum atomic E-state index is -3.88. The summed E-state index contributed by atoms with van der Waals surface area (Å²) in [5.74, 6) is 0.789. The van der Waals surface area contributed by atoms with Gasteiger partial charge < -0.3 is 33.9 Å². The van der Waals surface area contributed by atoms with Crippen molar-refractivity contribution in [3.8, 4) is 40.2 Å². The van der Waals surface area contributed by atoms with E-state index in [4.69, 9.17) is 23.7 Å². The van der Waals surface area contributed by atoms with E-state index in [2.05, 4.69) is 0 Å². The van der Waals surface area contributed by atoms with Gasteiger partial charge in [0.05, 0.1) is 46.2 Å². The highest BCUT2D eigenvalue weighted by Gasteiger charge is 2.21. The molecule has 0 fully saturated rings. The Morgan fingerprint density at radius 1 is 0.694 bits per heavy atom. The van der Waals surface area contributed by atoms with Crippen LogP contribution in [0, 0.1) is 0 Å². The standard InChI is InChI=1S/C26H28O9S/c1-31-22-9-8-19(14-21(22)28)36(29,30)15-18-13-23(32-2)20(27)12-17(18)7-6-16-10-24(33-3)26(35-5)25(11-16)34-4/h6-14,27-28H,15H2,1-5H3/b7-6-. The molecule has 0 aliphatic rings. The first-order chi connectivity index (χ1) is 17.2. The maximum Gasteiger partial charge on any atom is 0.203 e. The minimum absolute atomic E-state index is 0.0765. The van der Waals surface area contributed by atoms with Gasteiger partial charge in [0.25, 0.3) is 0 Å². The van der Waals surface area contributed by atoms with Crippen molar-refractivity contribution in [3.63, 3.8) is 0 Å². The Morgan fingerprint density at radius 2 is 1.28 bits per heavy atom. The van der Waals surface area contributed by atoms with Crippen molar-refractivity contribution in [1.29, 1.82) is 0 Å². The number of phenols is 2. The van der Waals surface area contributed by atoms with Gasteiger partial charge in [0.1, 0.15) is 0 Å². The highest BCUT2D eigenvalue weighted by atomic mass is 32.2. The first kappa shape index (κ1) is 26.6. The first-order valence-corrected chi connectivity index (χ1v) is 12.3. The molecule has 0 bridgehead atoms. The van der Waals surface area contributed by atoms with Gasteiger partial charge in [-0.25, -0.2) is 8.42 Å². The molecule has 0 atom stereocenters. The third kappa shape index (κ3) is 5.60. The van der Waals surface area contributed by atoms with E-state index in [-0.39, 0.29) is 27.9 Å². The molecule has 0 aliphatic heterocycles. The lowest BCUT2D eigenvalue weighted by Gasteiger charge is -2.14. The van der Waals surface area contributed by atoms with E-state index >= 15 is 0 Å². The average Bonchev–Trinajstić information content (AvgIpc) is 2.87. The molecule has 2 N–H and O–H groups in total. The molecular weight excluding hydrogens is 488 g/mol. The predicted molar refractivity (Wildman–Crippen MR) is 135 cm³/mol. The molecule has 0 heterocycles. The number of sulfone groups is 1. The molecule has 0 aromatic heterocycles. The van der Waals surface area contributed by atoms with Gasteiger partial charge in [-0.3, -0.25) is 0 Å². The normalized spacial score (nSPS) is 11.4. The fourth-order valence-electron chi connectivity index (χ4n) is 3.61. The number of methoxy groups -OCH3 is 5. The molecule has 0 spiro atoms. The molecule has 3 rings (SSSR count). The molecule has 0 unspecified atom stereocenters. The summed E-state index contributed by atoms with van der Waals surface area (Å²) in [5, 5.41) is 20.4. The summed E-state index contributed by atoms with van der Waals surface area (Å²) < 4.78 is 52.6. The van der Waals surface area contributed by atoms with Crippen LogP contribution in [0.1, 0.15) is 16.7 Å². The zero-order valence-corrected chi connectivity index (χ0v) is 21.4. The van der Waals surface area contributed by atoms with Gasteiger partial charge in [0, 0.05) is 6.07 Å². The lowest BCUT2D eigenvalue weighted by atomic mass is 10.1. The van der Waals surface area contributed by atoms with Gasteiger partial charge in [-0.05, 0) is 53.1 Å². The maximum absolute atomic E-state index is 13.2. The molecule has 3 aromatic rings. The number of rotatable bonds is 10. The van der Waals surface area contributed by atoms with Crippen molar-refractivity contribution in [2.24, 2.45) is 0 Å². The lowest BCUT2D eigenvalue weighted by molar-refractivity contribution is 0.324. The predicted octanol–water partition coefficient (Wildman–Crippen LogP) is 4.29. The summed E-state index contributed by atoms with van der Waals surface area (Å²) in [6.07, 6.45) is 3.39. The number of ether oxygens (including phenoxy) is 5. The second kappa shape index (κ2) is 11.1. The molecule has 0 amide bonds. The van der Waals surface area contributed by atoms with E-state index < -0.39 is 15.6 Å². The first-order valence-electron chi connectivity index (χ1n) is 10.6. The number of hydrogen-bond acceptors (Lipinski definition) is 9. The van der Waals surface area contributed by atoms with Crippen molar-refractivity contribution in [2.45, 2.75) is 10.6 Å². The zero-order chi connectivity index (χ0) is 26.5. The topological polar surface area (TPSA) is 121 Å². The van der Waals surface area contributed by atoms with Crippen LogP contribution >= 0.6 is 0 Å². The van der Waals surface area contributed by atoms with Gasteiger partial charge in [0.2, 0.25) is 5.75 Å². The Kier molecular flexibility index (Phi) is 8.21. The molecule has 0 radical (unpaired) electrons. The van der Waals surface area contributed by atoms with E-state index in [9.17, 15) is 18.6 Å². The van der Waals surface area contributed by atoms with Crippen molar-refractivity contribution < 1.29 is 42.3 Å². The van der Waals surface area contributed by atoms with Gasteiger partial charge >= 0.3 is 0 Å². The van der Waals surface area contributed by atoms with Crippen molar-refractivity contribution in [1.82, 2.24) is 0 Å². The van der Waals surface area contributed by atoms with Gasteiger partial charge in [-0.15, -0.1) is 0 Å². The van der Waals surface area contributed by atoms with Crippen LogP contribution in [0.3, 0.4) is 0 Å². The third-order valence-electron chi connectivity index (χ3n) is 5.44. The summed E-state index contributed by atoms with van der Waals surface area (Å²) in [4.78, 5) is -0.0765. The Labute approximate surface area is 210 Å². The maximum atomic E-state index is 13.2. The molecule has 0 saturated carbocycles. The molecule has 36 heavy (non-hydrogen) atoms. The van der Waals surface area contributed by atoms with E-state index in [0.29, 0.717) is 33.9 Å². The van der Waals surface area contributed by atoms with E-state index in [1.54, 1.807) is 24.3 Å². The van der Waals surface area contributed by atoms with Gasteiger partial charge in [-0.2, -0.15) is 0 Å². The number of hydrogen-bond donors (Lipinski definition) is 2. The van der Waals surface area contributed by atoms with Crippen molar-refractivity contribution in [2.75, 3.05) is 35.5 Å². The van der Waals surface area contributed by atoms with Crippen LogP contribution in [0.15, 0.2) is 47.4 Å². The fraction of sp³-hybridized carbons (Fsp3) is 0.231. The van der Waals surface area contributed by atoms with E-state index in [1.807, 2.05) is 0 Å². The molecule has 9 nitrogen and oxygen atoms in total. The van der Waals surface area contributed by atoms with Crippen LogP contribution in [0.2, 0.25) is 0 Å². The molecule has 192 valence electrons. The lowest BCUT2D eigenvalue weighted by Crippen LogP contribution is -2.07. The third-order valence-corrected chi connectivity index (χ3v) is 7.10. The minimum Gasteiger partial charge on any atom is -0.504 e. The molecule has 0 saturated heterocycles. The summed E-state index contributed by atoms with van der Waals surface area (Å²) in [5.41, 5.74) is 1.51. The largest absolute Gasteiger partial charge is 0.504 e. The highest BCUT2D eigenvalue weighted by Crippen LogP contribution is 2.39. The van der Waals surface area contributed by atoms with Crippen molar-refractivity contribution in [3.05, 3.63) is 59.2 Å². The number of aromatic hydroxyl groups is 2. The number of phenolic OH excluding ortho intramolecular Hbond substituents is 2. The zero-order valence-electron chi connectivity index (χ0n) is 20.6. The monoisotopic (exact) mass is 516 g/mol. The quantitative estimate of drug-likeness (QED) is 0.380. The van der Waals surface area contributed by atoms with Crippen LogP contribution < -0.4 is 23.7 Å².